The van der Waals surface area contributed by atoms with Gasteiger partial charge >= 0.3 is 34.5 Å². The van der Waals surface area contributed by atoms with E-state index >= 15 is 0 Å². The molecule has 238 valence electrons. The van der Waals surface area contributed by atoms with Gasteiger partial charge in [0, 0.05) is 38.7 Å². The van der Waals surface area contributed by atoms with Crippen LogP contribution in [0.5, 0.6) is 11.5 Å². The van der Waals surface area contributed by atoms with Crippen LogP contribution in [0.3, 0.4) is 0 Å². The molecular weight excluding hydrogens is 734 g/mol. The Morgan fingerprint density at radius 2 is 0.826 bits per heavy atom. The van der Waals surface area contributed by atoms with E-state index in [2.05, 4.69) is 99.5 Å². The fourth-order valence-corrected chi connectivity index (χ4v) is 7.47. The Balaban J connectivity index is 0.000000215. The summed E-state index contributed by atoms with van der Waals surface area (Å²) in [5, 5.41) is 7.61. The van der Waals surface area contributed by atoms with E-state index in [0.29, 0.717) is 0 Å². The average Bonchev–Trinajstić information content (AvgIpc) is 3.09. The summed E-state index contributed by atoms with van der Waals surface area (Å²) in [5.41, 5.74) is 14.4. The van der Waals surface area contributed by atoms with Gasteiger partial charge < -0.3 is 16.2 Å². The molecule has 0 aromatic heterocycles. The Bertz CT molecular complexity index is 1690. The van der Waals surface area contributed by atoms with Gasteiger partial charge in [-0.15, -0.1) is 0 Å². The monoisotopic (exact) mass is 776 g/mol. The molecule has 3 nitrogen and oxygen atoms in total. The summed E-state index contributed by atoms with van der Waals surface area (Å²) in [6.07, 6.45) is 0. The van der Waals surface area contributed by atoms with E-state index in [4.69, 9.17) is 35.6 Å². The van der Waals surface area contributed by atoms with Crippen molar-refractivity contribution in [3.63, 3.8) is 0 Å². The van der Waals surface area contributed by atoms with E-state index in [-0.39, 0.29) is 27.2 Å². The minimum atomic E-state index is -0.653. The van der Waals surface area contributed by atoms with Crippen molar-refractivity contribution in [1.29, 1.82) is 0 Å². The van der Waals surface area contributed by atoms with Crippen LogP contribution in [0.25, 0.3) is 21.5 Å². The van der Waals surface area contributed by atoms with Gasteiger partial charge in [-0.3, -0.25) is 0 Å². The molecule has 6 aromatic carbocycles. The predicted molar refractivity (Wildman–Crippen MR) is 206 cm³/mol. The summed E-state index contributed by atoms with van der Waals surface area (Å²) in [5.74, 6) is 2.10. The van der Waals surface area contributed by atoms with Gasteiger partial charge in [-0.2, -0.15) is 0 Å². The summed E-state index contributed by atoms with van der Waals surface area (Å²) in [6.45, 7) is 9.34. The number of halogens is 2. The molecule has 46 heavy (non-hydrogen) atoms. The molecule has 4 N–H and O–H groups in total. The van der Waals surface area contributed by atoms with Gasteiger partial charge in [0.25, 0.3) is 0 Å². The molecule has 0 heterocycles. The first-order valence-electron chi connectivity index (χ1n) is 15.1. The topological polar surface area (TPSA) is 61.3 Å². The second-order valence-electron chi connectivity index (χ2n) is 11.4. The first-order chi connectivity index (χ1) is 22.3. The van der Waals surface area contributed by atoms with Crippen LogP contribution >= 0.6 is 35.2 Å². The van der Waals surface area contributed by atoms with E-state index < -0.39 is 15.8 Å². The maximum absolute atomic E-state index is 6.84. The second kappa shape index (κ2) is 18.2. The molecule has 0 spiro atoms. The molecule has 0 aliphatic rings. The molecule has 0 saturated carbocycles. The van der Waals surface area contributed by atoms with Crippen LogP contribution in [0.15, 0.2) is 133 Å². The maximum atomic E-state index is 6.84. The summed E-state index contributed by atoms with van der Waals surface area (Å²) >= 11 is -0.346. The molecule has 6 rings (SSSR count). The molecule has 0 amide bonds. The second-order valence-corrected chi connectivity index (χ2v) is 19.1. The Morgan fingerprint density at radius 3 is 1.17 bits per heavy atom. The van der Waals surface area contributed by atoms with E-state index in [1.807, 2.05) is 60.7 Å². The van der Waals surface area contributed by atoms with Crippen LogP contribution < -0.4 is 26.8 Å². The molecule has 8 heteroatoms. The van der Waals surface area contributed by atoms with E-state index in [0.717, 1.165) is 22.6 Å². The molecule has 0 aliphatic heterocycles. The summed E-state index contributed by atoms with van der Waals surface area (Å²) in [6, 6.07) is 45.7. The molecule has 2 atom stereocenters. The van der Waals surface area contributed by atoms with Crippen molar-refractivity contribution in [2.24, 2.45) is 11.5 Å². The molecule has 0 fully saturated rings. The van der Waals surface area contributed by atoms with E-state index in [1.54, 1.807) is 0 Å². The Labute approximate surface area is 291 Å². The Morgan fingerprint density at radius 1 is 0.500 bits per heavy atom. The molecule has 0 bridgehead atoms. The van der Waals surface area contributed by atoms with Gasteiger partial charge in [0.2, 0.25) is 0 Å². The van der Waals surface area contributed by atoms with Gasteiger partial charge in [0.1, 0.15) is 10.6 Å². The van der Waals surface area contributed by atoms with Crippen LogP contribution in [-0.2, 0) is 15.1 Å². The number of hydrogen-bond donors (Lipinski definition) is 2. The van der Waals surface area contributed by atoms with Gasteiger partial charge in [0.15, 0.2) is 11.5 Å². The average molecular weight is 777 g/mol. The fraction of sp³-hybridized carbons (Fsp3) is 0.158. The number of hydrogen-bond acceptors (Lipinski definition) is 3. The Kier molecular flexibility index (Phi) is 14.5. The van der Waals surface area contributed by atoms with Crippen molar-refractivity contribution in [1.82, 2.24) is 0 Å². The van der Waals surface area contributed by atoms with Gasteiger partial charge in [-0.25, -0.2) is 0 Å². The third kappa shape index (κ3) is 9.37. The number of fused-ring (bicyclic) bond motifs is 2. The zero-order valence-electron chi connectivity index (χ0n) is 26.5. The third-order valence-corrected chi connectivity index (χ3v) is 10.7. The van der Waals surface area contributed by atoms with Crippen LogP contribution in [-0.4, -0.2) is 26.7 Å². The van der Waals surface area contributed by atoms with Crippen molar-refractivity contribution in [3.05, 3.63) is 145 Å². The zero-order valence-corrected chi connectivity index (χ0v) is 31.8. The first kappa shape index (κ1) is 36.5. The SMILES string of the molecule is C[PH+](C)c1ccc2ccccc2c1Oc1c([PH+](C)C)ccc2ccccc12.NC(c1ccccc1)C(N)c1ccccc1.[Cl][Ru+2][Cl]. The van der Waals surface area contributed by atoms with Crippen molar-refractivity contribution in [2.75, 3.05) is 26.7 Å². The third-order valence-electron chi connectivity index (χ3n) is 7.80. The summed E-state index contributed by atoms with van der Waals surface area (Å²) in [4.78, 5) is 0. The molecular formula is C38H42Cl2N2OP2Ru+4. The molecule has 0 radical (unpaired) electrons. The van der Waals surface area contributed by atoms with Crippen LogP contribution in [0, 0.1) is 0 Å². The fourth-order valence-electron chi connectivity index (χ4n) is 5.36. The van der Waals surface area contributed by atoms with Crippen molar-refractivity contribution >= 4 is 67.4 Å². The summed E-state index contributed by atoms with van der Waals surface area (Å²) < 4.78 is 6.84. The van der Waals surface area contributed by atoms with Crippen LogP contribution in [0.1, 0.15) is 23.2 Å². The van der Waals surface area contributed by atoms with Crippen LogP contribution in [0.2, 0.25) is 0 Å². The number of nitrogens with two attached hydrogens (primary N) is 2. The number of rotatable bonds is 7. The van der Waals surface area contributed by atoms with Crippen molar-refractivity contribution < 1.29 is 19.9 Å². The van der Waals surface area contributed by atoms with Gasteiger partial charge in [-0.05, 0) is 34.0 Å². The number of ether oxygens (including phenoxy) is 1. The molecule has 6 aromatic rings. The van der Waals surface area contributed by atoms with E-state index in [9.17, 15) is 0 Å². The molecule has 2 unspecified atom stereocenters. The van der Waals surface area contributed by atoms with Gasteiger partial charge in [0.05, 0.1) is 26.7 Å². The minimum absolute atomic E-state index is 0.163. The first-order valence-corrected chi connectivity index (χ1v) is 24.5. The predicted octanol–water partition coefficient (Wildman–Crippen LogP) is 9.75. The normalized spacial score (nSPS) is 12.2. The van der Waals surface area contributed by atoms with Crippen LogP contribution in [0.4, 0.5) is 0 Å². The Hall–Kier alpha value is -2.38. The quantitative estimate of drug-likeness (QED) is 0.125. The molecule has 0 saturated heterocycles. The zero-order chi connectivity index (χ0) is 33.1. The number of benzene rings is 6. The van der Waals surface area contributed by atoms with Gasteiger partial charge in [-0.1, -0.05) is 121 Å². The standard InChI is InChI=1S/C24H24OP2.C14H16N2.2ClH.Ru/c1-26(2)21-15-13-17-9-5-7-11-19(17)23(21)25-24-20-12-8-6-10-18(20)14-16-22(24)27(3)4;15-13(11-7-3-1-4-8-11)14(16)12-9-5-2-6-10-12;;;/h5-16H,1-4H3;1-10,13-14H,15-16H2;2*1H;/q;;;;+4. The van der Waals surface area contributed by atoms with E-state index in [1.165, 1.54) is 32.2 Å². The molecule has 0 aliphatic carbocycles. The van der Waals surface area contributed by atoms with Crippen molar-refractivity contribution in [2.45, 2.75) is 12.1 Å². The van der Waals surface area contributed by atoms with Crippen molar-refractivity contribution in [3.8, 4) is 11.5 Å². The summed E-state index contributed by atoms with van der Waals surface area (Å²) in [7, 11) is 8.40.